The van der Waals surface area contributed by atoms with Crippen LogP contribution in [0.15, 0.2) is 0 Å². The summed E-state index contributed by atoms with van der Waals surface area (Å²) >= 11 is 0. The number of likely N-dealkylation sites (tertiary alicyclic amines) is 1. The number of piperidine rings is 1. The number of carbonyl (C=O) groups excluding carboxylic acids is 2. The molecule has 6 nitrogen and oxygen atoms in total. The van der Waals surface area contributed by atoms with Crippen LogP contribution in [0.1, 0.15) is 33.1 Å². The van der Waals surface area contributed by atoms with Crippen LogP contribution in [0.2, 0.25) is 0 Å². The van der Waals surface area contributed by atoms with E-state index in [2.05, 4.69) is 5.32 Å². The van der Waals surface area contributed by atoms with Crippen molar-refractivity contribution < 1.29 is 14.3 Å². The molecule has 2 aliphatic rings. The summed E-state index contributed by atoms with van der Waals surface area (Å²) < 4.78 is 5.44. The Labute approximate surface area is 138 Å². The predicted octanol–water partition coefficient (Wildman–Crippen LogP) is 0.646. The monoisotopic (exact) mass is 333 g/mol. The summed E-state index contributed by atoms with van der Waals surface area (Å²) in [7, 11) is 0. The van der Waals surface area contributed by atoms with Gasteiger partial charge in [-0.2, -0.15) is 0 Å². The van der Waals surface area contributed by atoms with Gasteiger partial charge < -0.3 is 19.9 Å². The Morgan fingerprint density at radius 1 is 1.41 bits per heavy atom. The van der Waals surface area contributed by atoms with Gasteiger partial charge in [0.2, 0.25) is 11.8 Å². The Morgan fingerprint density at radius 2 is 2.18 bits per heavy atom. The predicted molar refractivity (Wildman–Crippen MR) is 87.1 cm³/mol. The SMILES string of the molecule is CC(C)OCCC(=O)N1CCCC(N2CCNCC2=O)C1.Cl. The van der Waals surface area contributed by atoms with E-state index in [1.165, 1.54) is 0 Å². The zero-order valence-electron chi connectivity index (χ0n) is 13.5. The smallest absolute Gasteiger partial charge is 0.236 e. The summed E-state index contributed by atoms with van der Waals surface area (Å²) in [6.07, 6.45) is 2.56. The molecule has 1 unspecified atom stereocenters. The van der Waals surface area contributed by atoms with Crippen molar-refractivity contribution in [2.24, 2.45) is 0 Å². The summed E-state index contributed by atoms with van der Waals surface area (Å²) in [6.45, 7) is 7.91. The highest BCUT2D eigenvalue weighted by Crippen LogP contribution is 2.17. The van der Waals surface area contributed by atoms with Gasteiger partial charge in [0, 0.05) is 32.2 Å². The second-order valence-electron chi connectivity index (χ2n) is 6.07. The summed E-state index contributed by atoms with van der Waals surface area (Å²) in [5.74, 6) is 0.298. The summed E-state index contributed by atoms with van der Waals surface area (Å²) in [6, 6.07) is 0.184. The second kappa shape index (κ2) is 9.33. The third-order valence-electron chi connectivity index (χ3n) is 4.08. The van der Waals surface area contributed by atoms with Crippen LogP contribution in [-0.2, 0) is 14.3 Å². The van der Waals surface area contributed by atoms with Crippen molar-refractivity contribution in [3.8, 4) is 0 Å². The molecule has 0 radical (unpaired) electrons. The minimum absolute atomic E-state index is 0. The second-order valence-corrected chi connectivity index (χ2v) is 6.07. The van der Waals surface area contributed by atoms with Gasteiger partial charge in [-0.05, 0) is 26.7 Å². The maximum atomic E-state index is 12.2. The molecule has 2 heterocycles. The first-order valence-corrected chi connectivity index (χ1v) is 7.97. The maximum Gasteiger partial charge on any atom is 0.236 e. The van der Waals surface area contributed by atoms with Crippen LogP contribution in [0, 0.1) is 0 Å². The number of amides is 2. The van der Waals surface area contributed by atoms with E-state index in [4.69, 9.17) is 4.74 Å². The Balaban J connectivity index is 0.00000242. The number of nitrogens with zero attached hydrogens (tertiary/aromatic N) is 2. The normalized spacial score (nSPS) is 22.7. The number of hydrogen-bond donors (Lipinski definition) is 1. The minimum atomic E-state index is 0. The summed E-state index contributed by atoms with van der Waals surface area (Å²) in [5, 5.41) is 3.09. The molecule has 22 heavy (non-hydrogen) atoms. The number of carbonyl (C=O) groups is 2. The number of hydrogen-bond acceptors (Lipinski definition) is 4. The molecule has 2 saturated heterocycles. The zero-order valence-corrected chi connectivity index (χ0v) is 14.4. The van der Waals surface area contributed by atoms with E-state index in [9.17, 15) is 9.59 Å². The van der Waals surface area contributed by atoms with Crippen molar-refractivity contribution in [2.75, 3.05) is 39.3 Å². The molecule has 1 atom stereocenters. The van der Waals surface area contributed by atoms with E-state index >= 15 is 0 Å². The molecule has 0 saturated carbocycles. The minimum Gasteiger partial charge on any atom is -0.378 e. The molecule has 2 amide bonds. The molecule has 2 fully saturated rings. The van der Waals surface area contributed by atoms with Crippen molar-refractivity contribution in [1.29, 1.82) is 0 Å². The fourth-order valence-corrected chi connectivity index (χ4v) is 2.98. The quantitative estimate of drug-likeness (QED) is 0.802. The van der Waals surface area contributed by atoms with Gasteiger partial charge >= 0.3 is 0 Å². The number of halogens is 1. The zero-order chi connectivity index (χ0) is 15.2. The lowest BCUT2D eigenvalue weighted by Crippen LogP contribution is -2.57. The molecule has 0 spiro atoms. The first kappa shape index (κ1) is 19.2. The molecule has 0 aromatic rings. The van der Waals surface area contributed by atoms with E-state index < -0.39 is 0 Å². The highest BCUT2D eigenvalue weighted by molar-refractivity contribution is 5.85. The van der Waals surface area contributed by atoms with Crippen molar-refractivity contribution in [1.82, 2.24) is 15.1 Å². The Morgan fingerprint density at radius 3 is 2.86 bits per heavy atom. The molecule has 1 N–H and O–H groups in total. The van der Waals surface area contributed by atoms with E-state index in [0.29, 0.717) is 26.1 Å². The third kappa shape index (κ3) is 5.41. The van der Waals surface area contributed by atoms with E-state index in [0.717, 1.165) is 32.5 Å². The van der Waals surface area contributed by atoms with Gasteiger partial charge in [0.05, 0.1) is 25.7 Å². The van der Waals surface area contributed by atoms with Crippen LogP contribution >= 0.6 is 12.4 Å². The average molecular weight is 334 g/mol. The topological polar surface area (TPSA) is 61.9 Å². The third-order valence-corrected chi connectivity index (χ3v) is 4.08. The molecule has 128 valence electrons. The van der Waals surface area contributed by atoms with Crippen LogP contribution in [0.5, 0.6) is 0 Å². The molecular formula is C15H28ClN3O3. The van der Waals surface area contributed by atoms with Gasteiger partial charge in [-0.25, -0.2) is 0 Å². The van der Waals surface area contributed by atoms with E-state index in [1.54, 1.807) is 0 Å². The van der Waals surface area contributed by atoms with Crippen molar-refractivity contribution in [2.45, 2.75) is 45.3 Å². The van der Waals surface area contributed by atoms with Crippen molar-refractivity contribution in [3.63, 3.8) is 0 Å². The van der Waals surface area contributed by atoms with Gasteiger partial charge in [-0.1, -0.05) is 0 Å². The molecule has 0 aromatic carbocycles. The van der Waals surface area contributed by atoms with Crippen LogP contribution in [-0.4, -0.2) is 73.1 Å². The molecule has 0 aliphatic carbocycles. The van der Waals surface area contributed by atoms with E-state index in [1.807, 2.05) is 23.6 Å². The van der Waals surface area contributed by atoms with Gasteiger partial charge in [-0.15, -0.1) is 12.4 Å². The largest absolute Gasteiger partial charge is 0.378 e. The molecule has 2 rings (SSSR count). The lowest BCUT2D eigenvalue weighted by Gasteiger charge is -2.41. The Bertz CT molecular complexity index is 379. The molecule has 0 aromatic heterocycles. The standard InChI is InChI=1S/C15H27N3O3.ClH/c1-12(2)21-9-5-14(19)17-7-3-4-13(11-17)18-8-6-16-10-15(18)20;/h12-13,16H,3-11H2,1-2H3;1H. The average Bonchev–Trinajstić information content (AvgIpc) is 2.47. The van der Waals surface area contributed by atoms with Gasteiger partial charge in [0.1, 0.15) is 0 Å². The van der Waals surface area contributed by atoms with Gasteiger partial charge in [0.25, 0.3) is 0 Å². The number of nitrogens with one attached hydrogen (secondary N) is 1. The van der Waals surface area contributed by atoms with Crippen LogP contribution < -0.4 is 5.32 Å². The molecular weight excluding hydrogens is 306 g/mol. The molecule has 7 heteroatoms. The van der Waals surface area contributed by atoms with E-state index in [-0.39, 0.29) is 36.4 Å². The highest BCUT2D eigenvalue weighted by Gasteiger charge is 2.31. The van der Waals surface area contributed by atoms with Crippen LogP contribution in [0.3, 0.4) is 0 Å². The highest BCUT2D eigenvalue weighted by atomic mass is 35.5. The van der Waals surface area contributed by atoms with Crippen LogP contribution in [0.25, 0.3) is 0 Å². The summed E-state index contributed by atoms with van der Waals surface area (Å²) in [5.41, 5.74) is 0. The number of ether oxygens (including phenoxy) is 1. The fraction of sp³-hybridized carbons (Fsp3) is 0.867. The number of piperazine rings is 1. The Hall–Kier alpha value is -0.850. The van der Waals surface area contributed by atoms with Crippen molar-refractivity contribution >= 4 is 24.2 Å². The molecule has 0 bridgehead atoms. The summed E-state index contributed by atoms with van der Waals surface area (Å²) in [4.78, 5) is 28.0. The lowest BCUT2D eigenvalue weighted by molar-refractivity contribution is -0.141. The van der Waals surface area contributed by atoms with Crippen molar-refractivity contribution in [3.05, 3.63) is 0 Å². The fourth-order valence-electron chi connectivity index (χ4n) is 2.98. The first-order valence-electron chi connectivity index (χ1n) is 7.97. The van der Waals surface area contributed by atoms with Gasteiger partial charge in [-0.3, -0.25) is 9.59 Å². The van der Waals surface area contributed by atoms with Crippen LogP contribution in [0.4, 0.5) is 0 Å². The van der Waals surface area contributed by atoms with Gasteiger partial charge in [0.15, 0.2) is 0 Å². The Kier molecular flexibility index (Phi) is 8.14. The molecule has 2 aliphatic heterocycles. The first-order chi connectivity index (χ1) is 10.1. The number of rotatable bonds is 5. The lowest BCUT2D eigenvalue weighted by atomic mass is 10.0. The maximum absolute atomic E-state index is 12.2.